The van der Waals surface area contributed by atoms with Crippen LogP contribution >= 0.6 is 0 Å². The van der Waals surface area contributed by atoms with Gasteiger partial charge in [0.2, 0.25) is 0 Å². The number of ether oxygens (including phenoxy) is 1. The average molecular weight is 328 g/mol. The van der Waals surface area contributed by atoms with Crippen molar-refractivity contribution in [2.24, 2.45) is 0 Å². The van der Waals surface area contributed by atoms with E-state index in [0.717, 1.165) is 19.3 Å². The van der Waals surface area contributed by atoms with Crippen LogP contribution in [0.15, 0.2) is 12.2 Å². The van der Waals surface area contributed by atoms with Crippen LogP contribution < -0.4 is 0 Å². The lowest BCUT2D eigenvalue weighted by Crippen LogP contribution is -2.33. The van der Waals surface area contributed by atoms with E-state index in [0.29, 0.717) is 6.42 Å². The summed E-state index contributed by atoms with van der Waals surface area (Å²) in [6.45, 7) is 2.19. The Hall–Kier alpha value is -0.910. The molecule has 3 N–H and O–H groups in total. The molecular formula is C18H32O5. The zero-order chi connectivity index (χ0) is 17.1. The molecule has 0 aromatic rings. The van der Waals surface area contributed by atoms with Crippen molar-refractivity contribution < 1.29 is 24.9 Å². The molecule has 0 saturated carbocycles. The van der Waals surface area contributed by atoms with E-state index in [-0.39, 0.29) is 12.8 Å². The molecule has 0 saturated heterocycles. The first kappa shape index (κ1) is 20.1. The minimum atomic E-state index is -0.920. The van der Waals surface area contributed by atoms with Crippen molar-refractivity contribution >= 4 is 5.97 Å². The van der Waals surface area contributed by atoms with Crippen molar-refractivity contribution in [2.75, 3.05) is 0 Å². The number of carbonyl (C=O) groups is 1. The third kappa shape index (κ3) is 9.08. The number of aliphatic hydroxyl groups excluding tert-OH is 3. The number of unbranched alkanes of at least 4 members (excludes halogenated alkanes) is 6. The maximum Gasteiger partial charge on any atom is 0.308 e. The number of hydrogen-bond donors (Lipinski definition) is 3. The summed E-state index contributed by atoms with van der Waals surface area (Å²) >= 11 is 0. The summed E-state index contributed by atoms with van der Waals surface area (Å²) in [6.07, 6.45) is 8.23. The summed E-state index contributed by atoms with van der Waals surface area (Å²) in [5.41, 5.74) is 0. The Morgan fingerprint density at radius 2 is 1.70 bits per heavy atom. The van der Waals surface area contributed by atoms with E-state index in [2.05, 4.69) is 6.92 Å². The molecule has 0 aliphatic carbocycles. The van der Waals surface area contributed by atoms with Crippen molar-refractivity contribution in [2.45, 2.75) is 95.5 Å². The molecule has 0 bridgehead atoms. The van der Waals surface area contributed by atoms with E-state index in [9.17, 15) is 20.1 Å². The Kier molecular flexibility index (Phi) is 10.2. The normalized spacial score (nSPS) is 30.7. The molecule has 5 nitrogen and oxygen atoms in total. The standard InChI is InChI=1S/C18H32O5/c1-2-3-4-5-6-7-8-9-17-16(21)11-10-14(19)12-15(20)13-18(22)23-17/h10-11,14-17,19-21H,2-9,12-13H2,1H3/b11-10-. The van der Waals surface area contributed by atoms with Gasteiger partial charge in [-0.25, -0.2) is 0 Å². The van der Waals surface area contributed by atoms with E-state index in [4.69, 9.17) is 4.74 Å². The highest BCUT2D eigenvalue weighted by molar-refractivity contribution is 5.70. The lowest BCUT2D eigenvalue weighted by Gasteiger charge is -2.24. The average Bonchev–Trinajstić information content (AvgIpc) is 2.49. The van der Waals surface area contributed by atoms with Gasteiger partial charge in [-0.3, -0.25) is 4.79 Å². The summed E-state index contributed by atoms with van der Waals surface area (Å²) in [7, 11) is 0. The fourth-order valence-corrected chi connectivity index (χ4v) is 2.82. The van der Waals surface area contributed by atoms with Gasteiger partial charge in [-0.1, -0.05) is 57.6 Å². The fraction of sp³-hybridized carbons (Fsp3) is 0.833. The van der Waals surface area contributed by atoms with Crippen LogP contribution in [0.3, 0.4) is 0 Å². The summed E-state index contributed by atoms with van der Waals surface area (Å²) in [5, 5.41) is 29.5. The predicted molar refractivity (Wildman–Crippen MR) is 88.9 cm³/mol. The quantitative estimate of drug-likeness (QED) is 0.362. The number of cyclic esters (lactones) is 1. The summed E-state index contributed by atoms with van der Waals surface area (Å²) in [5.74, 6) is -0.521. The molecule has 0 fully saturated rings. The second kappa shape index (κ2) is 11.6. The van der Waals surface area contributed by atoms with Crippen LogP contribution in [0.25, 0.3) is 0 Å². The number of esters is 1. The van der Waals surface area contributed by atoms with Gasteiger partial charge in [-0.2, -0.15) is 0 Å². The van der Waals surface area contributed by atoms with Crippen LogP contribution in [0, 0.1) is 0 Å². The highest BCUT2D eigenvalue weighted by Gasteiger charge is 2.25. The molecule has 1 rings (SSSR count). The maximum absolute atomic E-state index is 11.8. The SMILES string of the molecule is CCCCCCCCCC1OC(=O)CC(O)CC(O)/C=C\C1O. The number of carbonyl (C=O) groups excluding carboxylic acids is 1. The Labute approximate surface area is 139 Å². The van der Waals surface area contributed by atoms with E-state index in [1.54, 1.807) is 0 Å². The summed E-state index contributed by atoms with van der Waals surface area (Å²) < 4.78 is 5.31. The Morgan fingerprint density at radius 3 is 2.39 bits per heavy atom. The van der Waals surface area contributed by atoms with E-state index in [1.807, 2.05) is 0 Å². The first-order valence-corrected chi connectivity index (χ1v) is 8.95. The third-order valence-corrected chi connectivity index (χ3v) is 4.20. The topological polar surface area (TPSA) is 87.0 Å². The van der Waals surface area contributed by atoms with Gasteiger partial charge in [0.1, 0.15) is 12.2 Å². The van der Waals surface area contributed by atoms with Gasteiger partial charge in [-0.15, -0.1) is 0 Å². The van der Waals surface area contributed by atoms with Crippen LogP contribution in [0.2, 0.25) is 0 Å². The zero-order valence-corrected chi connectivity index (χ0v) is 14.2. The molecule has 0 aromatic carbocycles. The lowest BCUT2D eigenvalue weighted by molar-refractivity contribution is -0.156. The van der Waals surface area contributed by atoms with Crippen LogP contribution in [-0.4, -0.2) is 45.7 Å². The Balaban J connectivity index is 2.41. The Bertz CT molecular complexity index is 355. The van der Waals surface area contributed by atoms with Gasteiger partial charge < -0.3 is 20.1 Å². The smallest absolute Gasteiger partial charge is 0.308 e. The van der Waals surface area contributed by atoms with Crippen molar-refractivity contribution in [1.29, 1.82) is 0 Å². The van der Waals surface area contributed by atoms with Crippen molar-refractivity contribution in [1.82, 2.24) is 0 Å². The summed E-state index contributed by atoms with van der Waals surface area (Å²) in [4.78, 5) is 11.8. The van der Waals surface area contributed by atoms with E-state index >= 15 is 0 Å². The van der Waals surface area contributed by atoms with Gasteiger partial charge in [0, 0.05) is 6.42 Å². The molecule has 5 heteroatoms. The van der Waals surface area contributed by atoms with Gasteiger partial charge in [-0.05, 0) is 12.8 Å². The summed E-state index contributed by atoms with van der Waals surface area (Å²) in [6, 6.07) is 0. The first-order valence-electron chi connectivity index (χ1n) is 8.95. The molecule has 0 amide bonds. The highest BCUT2D eigenvalue weighted by atomic mass is 16.6. The number of rotatable bonds is 8. The molecule has 0 spiro atoms. The molecule has 4 unspecified atom stereocenters. The minimum absolute atomic E-state index is 0.0702. The highest BCUT2D eigenvalue weighted by Crippen LogP contribution is 2.17. The van der Waals surface area contributed by atoms with Gasteiger partial charge in [0.15, 0.2) is 0 Å². The zero-order valence-electron chi connectivity index (χ0n) is 14.2. The van der Waals surface area contributed by atoms with Gasteiger partial charge in [0.05, 0.1) is 18.6 Å². The molecule has 0 aromatic heterocycles. The molecule has 134 valence electrons. The van der Waals surface area contributed by atoms with Crippen molar-refractivity contribution in [3.05, 3.63) is 12.2 Å². The van der Waals surface area contributed by atoms with Crippen molar-refractivity contribution in [3.63, 3.8) is 0 Å². The van der Waals surface area contributed by atoms with E-state index < -0.39 is 30.4 Å². The minimum Gasteiger partial charge on any atom is -0.459 e. The van der Waals surface area contributed by atoms with Gasteiger partial charge in [0.25, 0.3) is 0 Å². The molecule has 4 atom stereocenters. The number of hydrogen-bond acceptors (Lipinski definition) is 5. The molecule has 1 heterocycles. The third-order valence-electron chi connectivity index (χ3n) is 4.20. The largest absolute Gasteiger partial charge is 0.459 e. The molecular weight excluding hydrogens is 296 g/mol. The Morgan fingerprint density at radius 1 is 1.04 bits per heavy atom. The number of aliphatic hydroxyl groups is 3. The van der Waals surface area contributed by atoms with Gasteiger partial charge >= 0.3 is 5.97 Å². The van der Waals surface area contributed by atoms with Crippen LogP contribution in [-0.2, 0) is 9.53 Å². The van der Waals surface area contributed by atoms with Crippen LogP contribution in [0.4, 0.5) is 0 Å². The second-order valence-corrected chi connectivity index (χ2v) is 6.47. The molecule has 0 radical (unpaired) electrons. The molecule has 1 aliphatic heterocycles. The molecule has 1 aliphatic rings. The lowest BCUT2D eigenvalue weighted by atomic mass is 10.0. The van der Waals surface area contributed by atoms with Crippen molar-refractivity contribution in [3.8, 4) is 0 Å². The fourth-order valence-electron chi connectivity index (χ4n) is 2.82. The van der Waals surface area contributed by atoms with E-state index in [1.165, 1.54) is 37.8 Å². The maximum atomic E-state index is 11.8. The first-order chi connectivity index (χ1) is 11.0. The van der Waals surface area contributed by atoms with Crippen LogP contribution in [0.5, 0.6) is 0 Å². The predicted octanol–water partition coefficient (Wildman–Crippen LogP) is 2.47. The monoisotopic (exact) mass is 328 g/mol. The second-order valence-electron chi connectivity index (χ2n) is 6.47. The molecule has 23 heavy (non-hydrogen) atoms. The van der Waals surface area contributed by atoms with Crippen LogP contribution in [0.1, 0.15) is 71.1 Å².